The van der Waals surface area contributed by atoms with Crippen LogP contribution in [0, 0.1) is 5.41 Å². The molecule has 8 nitrogen and oxygen atoms in total. The Morgan fingerprint density at radius 2 is 1.50 bits per heavy atom. The molecule has 2 aliphatic heterocycles. The van der Waals surface area contributed by atoms with Crippen molar-refractivity contribution in [1.29, 1.82) is 0 Å². The molecule has 2 heterocycles. The average Bonchev–Trinajstić information content (AvgIpc) is 3.25. The first-order chi connectivity index (χ1) is 16.4. The molecule has 2 aromatic rings. The summed E-state index contributed by atoms with van der Waals surface area (Å²) in [6.45, 7) is 4.21. The van der Waals surface area contributed by atoms with Gasteiger partial charge in [-0.2, -0.15) is 0 Å². The summed E-state index contributed by atoms with van der Waals surface area (Å²) in [5, 5.41) is 10.2. The van der Waals surface area contributed by atoms with Crippen LogP contribution in [0.25, 0.3) is 0 Å². The number of piperidine rings is 1. The van der Waals surface area contributed by atoms with Crippen molar-refractivity contribution in [2.45, 2.75) is 25.8 Å². The zero-order chi connectivity index (χ0) is 24.3. The Hall–Kier alpha value is -3.13. The number of aromatic hydroxyl groups is 1. The molecule has 8 heteroatoms. The van der Waals surface area contributed by atoms with Gasteiger partial charge in [0.05, 0.1) is 34.0 Å². The molecule has 184 valence electrons. The van der Waals surface area contributed by atoms with Gasteiger partial charge in [0.2, 0.25) is 5.75 Å². The second-order valence-electron chi connectivity index (χ2n) is 9.17. The molecule has 2 aromatic carbocycles. The van der Waals surface area contributed by atoms with E-state index in [2.05, 4.69) is 4.90 Å². The highest BCUT2D eigenvalue weighted by Crippen LogP contribution is 2.42. The van der Waals surface area contributed by atoms with Crippen molar-refractivity contribution in [3.63, 3.8) is 0 Å². The number of likely N-dealkylation sites (tertiary alicyclic amines) is 2. The van der Waals surface area contributed by atoms with E-state index < -0.39 is 0 Å². The van der Waals surface area contributed by atoms with Crippen LogP contribution in [0.15, 0.2) is 30.3 Å². The molecule has 4 rings (SSSR count). The Morgan fingerprint density at radius 1 is 0.882 bits per heavy atom. The third-order valence-corrected chi connectivity index (χ3v) is 7.21. The molecular weight excluding hydrogens is 436 g/mol. The minimum absolute atomic E-state index is 0.0104. The van der Waals surface area contributed by atoms with Crippen LogP contribution in [0.4, 0.5) is 0 Å². The smallest absolute Gasteiger partial charge is 0.257 e. The molecule has 1 N–H and O–H groups in total. The summed E-state index contributed by atoms with van der Waals surface area (Å²) in [6.07, 6.45) is 3.07. The number of carbonyl (C=O) groups excluding carboxylic acids is 1. The maximum Gasteiger partial charge on any atom is 0.257 e. The first-order valence-corrected chi connectivity index (χ1v) is 11.6. The SMILES string of the molecule is COc1ccc(OC)c(C(=O)N2CCC3(CCN(Cc4cc(OC)c(O)c(OC)c4)C3)CC2)c1. The van der Waals surface area contributed by atoms with Gasteiger partial charge in [-0.15, -0.1) is 0 Å². The van der Waals surface area contributed by atoms with Gasteiger partial charge < -0.3 is 29.0 Å². The minimum atomic E-state index is -0.0104. The quantitative estimate of drug-likeness (QED) is 0.663. The normalized spacial score (nSPS) is 17.6. The molecule has 2 aliphatic rings. The highest BCUT2D eigenvalue weighted by molar-refractivity contribution is 5.97. The summed E-state index contributed by atoms with van der Waals surface area (Å²) in [7, 11) is 6.26. The number of benzene rings is 2. The number of rotatable bonds is 7. The maximum atomic E-state index is 13.2. The lowest BCUT2D eigenvalue weighted by molar-refractivity contribution is 0.0584. The lowest BCUT2D eigenvalue weighted by atomic mass is 9.77. The predicted octanol–water partition coefficient (Wildman–Crippen LogP) is 3.55. The molecule has 0 radical (unpaired) electrons. The van der Waals surface area contributed by atoms with Crippen molar-refractivity contribution >= 4 is 5.91 Å². The molecule has 0 saturated carbocycles. The van der Waals surface area contributed by atoms with Gasteiger partial charge in [-0.05, 0) is 67.1 Å². The van der Waals surface area contributed by atoms with E-state index in [1.807, 2.05) is 17.0 Å². The predicted molar refractivity (Wildman–Crippen MR) is 128 cm³/mol. The molecule has 1 spiro atoms. The fourth-order valence-electron chi connectivity index (χ4n) is 5.20. The van der Waals surface area contributed by atoms with Crippen LogP contribution in [0.2, 0.25) is 0 Å². The van der Waals surface area contributed by atoms with Gasteiger partial charge in [0.1, 0.15) is 11.5 Å². The van der Waals surface area contributed by atoms with Crippen molar-refractivity contribution in [3.05, 3.63) is 41.5 Å². The number of nitrogens with zero attached hydrogens (tertiary/aromatic N) is 2. The van der Waals surface area contributed by atoms with E-state index in [0.29, 0.717) is 28.6 Å². The first-order valence-electron chi connectivity index (χ1n) is 11.6. The Labute approximate surface area is 201 Å². The van der Waals surface area contributed by atoms with Crippen molar-refractivity contribution < 1.29 is 28.8 Å². The molecule has 2 fully saturated rings. The van der Waals surface area contributed by atoms with Gasteiger partial charge in [0.15, 0.2) is 11.5 Å². The Morgan fingerprint density at radius 3 is 2.09 bits per heavy atom. The van der Waals surface area contributed by atoms with E-state index in [4.69, 9.17) is 18.9 Å². The number of phenolic OH excluding ortho intramolecular Hbond substituents is 1. The molecule has 34 heavy (non-hydrogen) atoms. The largest absolute Gasteiger partial charge is 0.502 e. The number of ether oxygens (including phenoxy) is 4. The Balaban J connectivity index is 1.39. The lowest BCUT2D eigenvalue weighted by Crippen LogP contribution is -2.44. The molecule has 0 aromatic heterocycles. The van der Waals surface area contributed by atoms with E-state index >= 15 is 0 Å². The van der Waals surface area contributed by atoms with Crippen LogP contribution < -0.4 is 18.9 Å². The van der Waals surface area contributed by atoms with Crippen LogP contribution in [0.3, 0.4) is 0 Å². The van der Waals surface area contributed by atoms with Crippen molar-refractivity contribution in [2.75, 3.05) is 54.6 Å². The van der Waals surface area contributed by atoms with E-state index in [9.17, 15) is 9.90 Å². The van der Waals surface area contributed by atoms with Gasteiger partial charge in [0, 0.05) is 26.2 Å². The van der Waals surface area contributed by atoms with Crippen LogP contribution >= 0.6 is 0 Å². The second-order valence-corrected chi connectivity index (χ2v) is 9.17. The number of carbonyl (C=O) groups is 1. The van der Waals surface area contributed by atoms with Crippen molar-refractivity contribution in [1.82, 2.24) is 9.80 Å². The monoisotopic (exact) mass is 470 g/mol. The third-order valence-electron chi connectivity index (χ3n) is 7.21. The van der Waals surface area contributed by atoms with Gasteiger partial charge in [0.25, 0.3) is 5.91 Å². The highest BCUT2D eigenvalue weighted by atomic mass is 16.5. The van der Waals surface area contributed by atoms with E-state index in [-0.39, 0.29) is 17.1 Å². The number of hydrogen-bond donors (Lipinski definition) is 1. The van der Waals surface area contributed by atoms with E-state index in [1.165, 1.54) is 0 Å². The lowest BCUT2D eigenvalue weighted by Gasteiger charge is -2.39. The van der Waals surface area contributed by atoms with Gasteiger partial charge in [-0.25, -0.2) is 0 Å². The van der Waals surface area contributed by atoms with E-state index in [1.54, 1.807) is 46.6 Å². The highest BCUT2D eigenvalue weighted by Gasteiger charge is 2.41. The summed E-state index contributed by atoms with van der Waals surface area (Å²) >= 11 is 0. The molecule has 2 saturated heterocycles. The van der Waals surface area contributed by atoms with Crippen molar-refractivity contribution in [3.8, 4) is 28.7 Å². The van der Waals surface area contributed by atoms with Gasteiger partial charge >= 0.3 is 0 Å². The standard InChI is InChI=1S/C26H34N2O6/c1-31-19-5-6-21(32-2)20(15-19)25(30)28-11-8-26(9-12-28)7-10-27(17-26)16-18-13-22(33-3)24(29)23(14-18)34-4/h5-6,13-15,29H,7-12,16-17H2,1-4H3. The summed E-state index contributed by atoms with van der Waals surface area (Å²) in [4.78, 5) is 17.6. The van der Waals surface area contributed by atoms with Crippen LogP contribution in [-0.4, -0.2) is 75.4 Å². The third kappa shape index (κ3) is 4.73. The molecule has 0 aliphatic carbocycles. The summed E-state index contributed by atoms with van der Waals surface area (Å²) in [6, 6.07) is 9.06. The fraction of sp³-hybridized carbons (Fsp3) is 0.500. The number of phenols is 1. The zero-order valence-corrected chi connectivity index (χ0v) is 20.4. The van der Waals surface area contributed by atoms with Crippen LogP contribution in [-0.2, 0) is 6.54 Å². The fourth-order valence-corrected chi connectivity index (χ4v) is 5.20. The average molecular weight is 471 g/mol. The number of amides is 1. The molecule has 1 amide bonds. The number of hydrogen-bond acceptors (Lipinski definition) is 7. The Kier molecular flexibility index (Phi) is 7.07. The molecule has 0 atom stereocenters. The van der Waals surface area contributed by atoms with Crippen LogP contribution in [0.1, 0.15) is 35.2 Å². The van der Waals surface area contributed by atoms with Gasteiger partial charge in [-0.3, -0.25) is 9.69 Å². The topological polar surface area (TPSA) is 80.7 Å². The summed E-state index contributed by atoms with van der Waals surface area (Å²) in [5.74, 6) is 2.07. The first kappa shape index (κ1) is 24.0. The zero-order valence-electron chi connectivity index (χ0n) is 20.4. The van der Waals surface area contributed by atoms with Crippen LogP contribution in [0.5, 0.6) is 28.7 Å². The summed E-state index contributed by atoms with van der Waals surface area (Å²) < 4.78 is 21.3. The van der Waals surface area contributed by atoms with E-state index in [0.717, 1.165) is 57.5 Å². The second kappa shape index (κ2) is 10.0. The van der Waals surface area contributed by atoms with Crippen molar-refractivity contribution in [2.24, 2.45) is 5.41 Å². The minimum Gasteiger partial charge on any atom is -0.502 e. The number of methoxy groups -OCH3 is 4. The molecular formula is C26H34N2O6. The Bertz CT molecular complexity index is 1010. The molecule has 0 unspecified atom stereocenters. The van der Waals surface area contributed by atoms with Gasteiger partial charge in [-0.1, -0.05) is 0 Å². The maximum absolute atomic E-state index is 13.2. The summed E-state index contributed by atoms with van der Waals surface area (Å²) in [5.41, 5.74) is 1.81. The molecule has 0 bridgehead atoms.